The second-order valence-corrected chi connectivity index (χ2v) is 6.74. The number of nitrogens with one attached hydrogen (secondary N) is 1. The molecule has 28 heavy (non-hydrogen) atoms. The maximum Gasteiger partial charge on any atom is 0.278 e. The topological polar surface area (TPSA) is 80.5 Å². The van der Waals surface area contributed by atoms with Gasteiger partial charge in [-0.25, -0.2) is 0 Å². The number of pyridine rings is 1. The van der Waals surface area contributed by atoms with Crippen molar-refractivity contribution in [2.45, 2.75) is 6.04 Å². The van der Waals surface area contributed by atoms with Crippen LogP contribution in [-0.4, -0.2) is 47.7 Å². The van der Waals surface area contributed by atoms with E-state index >= 15 is 0 Å². The first-order chi connectivity index (χ1) is 13.7. The van der Waals surface area contributed by atoms with Crippen LogP contribution in [0.4, 0.5) is 11.4 Å². The number of nitro groups is 1. The van der Waals surface area contributed by atoms with Gasteiger partial charge in [0.1, 0.15) is 5.52 Å². The van der Waals surface area contributed by atoms with E-state index in [0.717, 1.165) is 32.0 Å². The summed E-state index contributed by atoms with van der Waals surface area (Å²) < 4.78 is 5.51. The van der Waals surface area contributed by atoms with Crippen LogP contribution < -0.4 is 5.32 Å². The Morgan fingerprint density at radius 1 is 1.11 bits per heavy atom. The fourth-order valence-electron chi connectivity index (χ4n) is 3.69. The number of fused-ring (bicyclic) bond motifs is 1. The van der Waals surface area contributed by atoms with Crippen molar-refractivity contribution < 1.29 is 9.66 Å². The maximum absolute atomic E-state index is 11.3. The molecule has 0 radical (unpaired) electrons. The predicted molar refractivity (Wildman–Crippen MR) is 108 cm³/mol. The van der Waals surface area contributed by atoms with Crippen LogP contribution in [0.2, 0.25) is 0 Å². The molecule has 2 aromatic carbocycles. The Morgan fingerprint density at radius 3 is 2.64 bits per heavy atom. The average Bonchev–Trinajstić information content (AvgIpc) is 2.75. The molecule has 0 saturated carbocycles. The van der Waals surface area contributed by atoms with Gasteiger partial charge in [-0.1, -0.05) is 30.3 Å². The fourth-order valence-corrected chi connectivity index (χ4v) is 3.69. The van der Waals surface area contributed by atoms with Gasteiger partial charge in [-0.2, -0.15) is 0 Å². The lowest BCUT2D eigenvalue weighted by atomic mass is 10.0. The van der Waals surface area contributed by atoms with Crippen LogP contribution in [0.3, 0.4) is 0 Å². The number of nitrogens with zero attached hydrogens (tertiary/aromatic N) is 3. The fraction of sp³-hybridized carbons (Fsp3) is 0.286. The predicted octanol–water partition coefficient (Wildman–Crippen LogP) is 3.63. The molecule has 0 amide bonds. The van der Waals surface area contributed by atoms with Crippen LogP contribution >= 0.6 is 0 Å². The van der Waals surface area contributed by atoms with Crippen LogP contribution in [0.15, 0.2) is 60.8 Å². The van der Waals surface area contributed by atoms with Gasteiger partial charge in [0.05, 0.1) is 35.3 Å². The zero-order chi connectivity index (χ0) is 19.3. The zero-order valence-corrected chi connectivity index (χ0v) is 15.5. The first kappa shape index (κ1) is 18.3. The summed E-state index contributed by atoms with van der Waals surface area (Å²) in [7, 11) is 0. The van der Waals surface area contributed by atoms with Crippen LogP contribution in [-0.2, 0) is 4.74 Å². The number of nitro benzene ring substituents is 1. The van der Waals surface area contributed by atoms with Gasteiger partial charge in [-0.05, 0) is 23.8 Å². The monoisotopic (exact) mass is 378 g/mol. The van der Waals surface area contributed by atoms with Gasteiger partial charge < -0.3 is 10.1 Å². The molecule has 7 nitrogen and oxygen atoms in total. The molecule has 2 heterocycles. The Kier molecular flexibility index (Phi) is 5.45. The van der Waals surface area contributed by atoms with Gasteiger partial charge in [0.2, 0.25) is 0 Å². The zero-order valence-electron chi connectivity index (χ0n) is 15.5. The summed E-state index contributed by atoms with van der Waals surface area (Å²) in [5, 5.41) is 15.3. The second kappa shape index (κ2) is 8.33. The Labute approximate surface area is 163 Å². The van der Waals surface area contributed by atoms with Crippen molar-refractivity contribution in [1.82, 2.24) is 9.88 Å². The summed E-state index contributed by atoms with van der Waals surface area (Å²) in [4.78, 5) is 17.8. The number of aromatic nitrogens is 1. The van der Waals surface area contributed by atoms with Gasteiger partial charge in [0, 0.05) is 31.9 Å². The molecule has 0 bridgehead atoms. The number of ether oxygens (including phenoxy) is 1. The van der Waals surface area contributed by atoms with Crippen molar-refractivity contribution in [2.75, 3.05) is 38.2 Å². The largest absolute Gasteiger partial charge is 0.381 e. The first-order valence-electron chi connectivity index (χ1n) is 9.37. The minimum absolute atomic E-state index is 0.0708. The van der Waals surface area contributed by atoms with Crippen molar-refractivity contribution in [3.8, 4) is 0 Å². The smallest absolute Gasteiger partial charge is 0.278 e. The molecule has 0 aliphatic carbocycles. The van der Waals surface area contributed by atoms with E-state index in [1.54, 1.807) is 30.5 Å². The summed E-state index contributed by atoms with van der Waals surface area (Å²) in [5.41, 5.74) is 2.72. The summed E-state index contributed by atoms with van der Waals surface area (Å²) in [6.07, 6.45) is 1.66. The molecule has 7 heteroatoms. The number of hydrogen-bond acceptors (Lipinski definition) is 6. The standard InChI is InChI=1S/C21H22N4O3/c26-25(27)19-9-8-18(21-17(19)7-4-10-22-21)23-15-20(16-5-2-1-3-6-16)24-11-13-28-14-12-24/h1-10,20,23H,11-15H2. The SMILES string of the molecule is O=[N+]([O-])c1ccc(NCC(c2ccccc2)N2CCOCC2)c2ncccc12. The lowest BCUT2D eigenvalue weighted by molar-refractivity contribution is -0.383. The van der Waals surface area contributed by atoms with Gasteiger partial charge in [0.25, 0.3) is 5.69 Å². The van der Waals surface area contributed by atoms with E-state index < -0.39 is 0 Å². The number of hydrogen-bond donors (Lipinski definition) is 1. The van der Waals surface area contributed by atoms with Crippen LogP contribution in [0.1, 0.15) is 11.6 Å². The van der Waals surface area contributed by atoms with Crippen molar-refractivity contribution in [1.29, 1.82) is 0 Å². The molecule has 1 aromatic heterocycles. The molecule has 1 fully saturated rings. The van der Waals surface area contributed by atoms with E-state index in [2.05, 4.69) is 27.3 Å². The van der Waals surface area contributed by atoms with Crippen LogP contribution in [0.5, 0.6) is 0 Å². The summed E-state index contributed by atoms with van der Waals surface area (Å²) >= 11 is 0. The normalized spacial score (nSPS) is 16.0. The molecular formula is C21H22N4O3. The third kappa shape index (κ3) is 3.81. The number of rotatable bonds is 6. The Hall–Kier alpha value is -3.03. The quantitative estimate of drug-likeness (QED) is 0.521. The minimum Gasteiger partial charge on any atom is -0.381 e. The van der Waals surface area contributed by atoms with Gasteiger partial charge in [-0.3, -0.25) is 20.0 Å². The third-order valence-corrected chi connectivity index (χ3v) is 5.10. The lowest BCUT2D eigenvalue weighted by Crippen LogP contribution is -2.41. The molecule has 1 aliphatic heterocycles. The Bertz CT molecular complexity index is 958. The number of benzene rings is 2. The Morgan fingerprint density at radius 2 is 1.89 bits per heavy atom. The van der Waals surface area contributed by atoms with Crippen molar-refractivity contribution in [3.63, 3.8) is 0 Å². The molecule has 1 aliphatic rings. The first-order valence-corrected chi connectivity index (χ1v) is 9.37. The lowest BCUT2D eigenvalue weighted by Gasteiger charge is -2.35. The van der Waals surface area contributed by atoms with E-state index in [0.29, 0.717) is 17.4 Å². The Balaban J connectivity index is 1.62. The molecule has 1 unspecified atom stereocenters. The molecule has 144 valence electrons. The maximum atomic E-state index is 11.3. The van der Waals surface area contributed by atoms with Crippen LogP contribution in [0.25, 0.3) is 10.9 Å². The highest BCUT2D eigenvalue weighted by Gasteiger charge is 2.23. The number of anilines is 1. The molecular weight excluding hydrogens is 356 g/mol. The summed E-state index contributed by atoms with van der Waals surface area (Å²) in [6.45, 7) is 3.88. The number of non-ortho nitro benzene ring substituents is 1. The average molecular weight is 378 g/mol. The van der Waals surface area contributed by atoms with Gasteiger partial charge in [-0.15, -0.1) is 0 Å². The highest BCUT2D eigenvalue weighted by molar-refractivity contribution is 5.96. The molecule has 1 saturated heterocycles. The highest BCUT2D eigenvalue weighted by atomic mass is 16.6. The van der Waals surface area contributed by atoms with Crippen LogP contribution in [0, 0.1) is 10.1 Å². The molecule has 4 rings (SSSR count). The third-order valence-electron chi connectivity index (χ3n) is 5.10. The molecule has 3 aromatic rings. The number of morpholine rings is 1. The van der Waals surface area contributed by atoms with Crippen molar-refractivity contribution in [2.24, 2.45) is 0 Å². The highest BCUT2D eigenvalue weighted by Crippen LogP contribution is 2.31. The van der Waals surface area contributed by atoms with E-state index in [1.807, 2.05) is 18.2 Å². The second-order valence-electron chi connectivity index (χ2n) is 6.74. The van der Waals surface area contributed by atoms with E-state index in [-0.39, 0.29) is 16.7 Å². The molecule has 1 N–H and O–H groups in total. The van der Waals surface area contributed by atoms with Crippen molar-refractivity contribution >= 4 is 22.3 Å². The molecule has 0 spiro atoms. The van der Waals surface area contributed by atoms with Crippen molar-refractivity contribution in [3.05, 3.63) is 76.5 Å². The minimum atomic E-state index is -0.367. The van der Waals surface area contributed by atoms with E-state index in [1.165, 1.54) is 5.56 Å². The summed E-state index contributed by atoms with van der Waals surface area (Å²) in [6, 6.07) is 17.3. The van der Waals surface area contributed by atoms with Gasteiger partial charge >= 0.3 is 0 Å². The molecule has 1 atom stereocenters. The van der Waals surface area contributed by atoms with Gasteiger partial charge in [0.15, 0.2) is 0 Å². The van der Waals surface area contributed by atoms with E-state index in [9.17, 15) is 10.1 Å². The van der Waals surface area contributed by atoms with E-state index in [4.69, 9.17) is 4.74 Å². The summed E-state index contributed by atoms with van der Waals surface area (Å²) in [5.74, 6) is 0.